The van der Waals surface area contributed by atoms with Crippen LogP contribution in [0.25, 0.3) is 22.3 Å². The number of esters is 1. The Labute approximate surface area is 322 Å². The van der Waals surface area contributed by atoms with E-state index in [2.05, 4.69) is 16.0 Å². The van der Waals surface area contributed by atoms with Crippen molar-refractivity contribution in [1.29, 1.82) is 0 Å². The Morgan fingerprint density at radius 1 is 0.929 bits per heavy atom. The van der Waals surface area contributed by atoms with E-state index in [4.69, 9.17) is 9.72 Å². The van der Waals surface area contributed by atoms with Gasteiger partial charge in [-0.3, -0.25) is 33.7 Å². The molecule has 3 aliphatic heterocycles. The highest BCUT2D eigenvalue weighted by Gasteiger charge is 2.45. The zero-order valence-corrected chi connectivity index (χ0v) is 32.0. The van der Waals surface area contributed by atoms with Crippen molar-refractivity contribution in [3.63, 3.8) is 0 Å². The fourth-order valence-corrected chi connectivity index (χ4v) is 8.21. The molecule has 0 bridgehead atoms. The van der Waals surface area contributed by atoms with Crippen LogP contribution in [0, 0.1) is 5.92 Å². The predicted molar refractivity (Wildman–Crippen MR) is 204 cm³/mol. The Hall–Kier alpha value is -5.70. The van der Waals surface area contributed by atoms with Crippen LogP contribution in [0.15, 0.2) is 35.1 Å². The molecule has 1 aliphatic carbocycles. The minimum atomic E-state index is -1.92. The van der Waals surface area contributed by atoms with Crippen molar-refractivity contribution in [2.75, 3.05) is 11.9 Å². The summed E-state index contributed by atoms with van der Waals surface area (Å²) < 4.78 is 6.83. The molecular weight excluding hydrogens is 720 g/mol. The van der Waals surface area contributed by atoms with Crippen molar-refractivity contribution >= 4 is 52.1 Å². The smallest absolute Gasteiger partial charge is 0.343 e. The fraction of sp³-hybridized carbons (Fsp3) is 0.463. The van der Waals surface area contributed by atoms with Crippen LogP contribution in [0.1, 0.15) is 94.0 Å². The van der Waals surface area contributed by atoms with Gasteiger partial charge in [0, 0.05) is 47.3 Å². The molecule has 4 aliphatic rings. The van der Waals surface area contributed by atoms with Gasteiger partial charge in [-0.05, 0) is 80.7 Å². The van der Waals surface area contributed by atoms with Gasteiger partial charge in [0.05, 0.1) is 29.0 Å². The van der Waals surface area contributed by atoms with Crippen LogP contribution in [-0.4, -0.2) is 73.7 Å². The molecule has 0 radical (unpaired) electrons. The van der Waals surface area contributed by atoms with E-state index >= 15 is 0 Å². The lowest BCUT2D eigenvalue weighted by atomic mass is 9.85. The number of nitrogens with zero attached hydrogens (tertiary/aromatic N) is 3. The topological polar surface area (TPSA) is 206 Å². The van der Waals surface area contributed by atoms with Crippen molar-refractivity contribution in [1.82, 2.24) is 25.1 Å². The second kappa shape index (κ2) is 15.1. The van der Waals surface area contributed by atoms with Crippen LogP contribution in [0.2, 0.25) is 0 Å². The molecule has 4 N–H and O–H groups in total. The summed E-state index contributed by atoms with van der Waals surface area (Å²) >= 11 is 0. The largest absolute Gasteiger partial charge is 0.458 e. The maximum atomic E-state index is 13.7. The van der Waals surface area contributed by atoms with Crippen molar-refractivity contribution < 1.29 is 38.6 Å². The number of imide groups is 1. The quantitative estimate of drug-likeness (QED) is 0.0890. The van der Waals surface area contributed by atoms with E-state index in [1.54, 1.807) is 44.4 Å². The first-order valence-electron chi connectivity index (χ1n) is 19.3. The summed E-state index contributed by atoms with van der Waals surface area (Å²) in [5.41, 5.74) is 3.57. The number of cyclic esters (lactones) is 1. The summed E-state index contributed by atoms with van der Waals surface area (Å²) in [5.74, 6) is -2.93. The number of rotatable bonds is 13. The highest BCUT2D eigenvalue weighted by Crippen LogP contribution is 2.43. The van der Waals surface area contributed by atoms with Crippen molar-refractivity contribution in [2.45, 2.75) is 110 Å². The Bertz CT molecular complexity index is 2280. The van der Waals surface area contributed by atoms with Gasteiger partial charge in [0.2, 0.25) is 17.7 Å². The molecule has 5 amide bonds. The Balaban J connectivity index is 1.02. The van der Waals surface area contributed by atoms with E-state index in [1.165, 1.54) is 12.2 Å². The number of fused-ring (bicyclic) bond motifs is 5. The number of aryl methyl sites for hydroxylation is 2. The van der Waals surface area contributed by atoms with Gasteiger partial charge in [-0.25, -0.2) is 9.78 Å². The maximum Gasteiger partial charge on any atom is 0.343 e. The number of anilines is 1. The molecule has 15 heteroatoms. The van der Waals surface area contributed by atoms with Gasteiger partial charge >= 0.3 is 5.97 Å². The number of ether oxygens (including phenoxy) is 1. The van der Waals surface area contributed by atoms with Crippen molar-refractivity contribution in [2.24, 2.45) is 5.92 Å². The number of carbonyl (C=O) groups excluding carboxylic acids is 6. The third kappa shape index (κ3) is 6.77. The number of nitrogens with one attached hydrogen (secondary N) is 3. The molecule has 7 rings (SSSR count). The number of hydrogen-bond donors (Lipinski definition) is 4. The van der Waals surface area contributed by atoms with E-state index in [0.717, 1.165) is 39.8 Å². The molecular formula is C41H46N6O9. The van der Waals surface area contributed by atoms with Crippen LogP contribution in [-0.2, 0) is 65.1 Å². The third-order valence-corrected chi connectivity index (χ3v) is 11.4. The fourth-order valence-electron chi connectivity index (χ4n) is 8.21. The van der Waals surface area contributed by atoms with Gasteiger partial charge in [-0.2, -0.15) is 0 Å². The molecule has 15 nitrogen and oxygen atoms in total. The normalized spacial score (nSPS) is 19.0. The molecule has 0 fully saturated rings. The van der Waals surface area contributed by atoms with Gasteiger partial charge in [0.25, 0.3) is 17.4 Å². The number of pyridine rings is 2. The lowest BCUT2D eigenvalue weighted by Gasteiger charge is -2.31. The molecule has 3 atom stereocenters. The number of benzene rings is 1. The zero-order valence-electron chi connectivity index (χ0n) is 32.0. The number of amides is 5. The average molecular weight is 767 g/mol. The minimum absolute atomic E-state index is 0.0517. The second-order valence-electron chi connectivity index (χ2n) is 15.3. The van der Waals surface area contributed by atoms with Gasteiger partial charge in [0.1, 0.15) is 18.7 Å². The number of aliphatic hydroxyl groups is 1. The molecule has 294 valence electrons. The molecule has 5 heterocycles. The van der Waals surface area contributed by atoms with Crippen LogP contribution >= 0.6 is 0 Å². The Morgan fingerprint density at radius 3 is 2.38 bits per heavy atom. The highest BCUT2D eigenvalue weighted by atomic mass is 16.6. The zero-order chi connectivity index (χ0) is 40.1. The van der Waals surface area contributed by atoms with Gasteiger partial charge in [0.15, 0.2) is 5.60 Å². The monoisotopic (exact) mass is 766 g/mol. The first-order chi connectivity index (χ1) is 26.7. The molecule has 2 aromatic heterocycles. The molecule has 1 unspecified atom stereocenters. The average Bonchev–Trinajstić information content (AvgIpc) is 3.71. The molecule has 1 aromatic carbocycles. The molecule has 0 saturated heterocycles. The molecule has 0 spiro atoms. The summed E-state index contributed by atoms with van der Waals surface area (Å²) in [5, 5.41) is 20.7. The van der Waals surface area contributed by atoms with Crippen LogP contribution < -0.4 is 21.5 Å². The van der Waals surface area contributed by atoms with Gasteiger partial charge in [-0.15, -0.1) is 0 Å². The van der Waals surface area contributed by atoms with E-state index in [1.807, 2.05) is 6.07 Å². The number of carbonyl (C=O) groups is 6. The third-order valence-electron chi connectivity index (χ3n) is 11.4. The first-order valence-corrected chi connectivity index (χ1v) is 19.3. The van der Waals surface area contributed by atoms with E-state index < -0.39 is 35.5 Å². The standard InChI is InChI=1S/C41H46N6O9/c1-5-41(55)27-18-30-36-25(19-47(30)39(53)26(27)20-56-40(41)54)23-10-9-11-24-28(13-14-29(43-36)34(23)24)44-37(51)22(4)42-38(52)35(21(2)3)45-31(48)12-7-6-8-17-46-32(49)15-16-33(46)50/h13-16,18,21-22,35,55H,5-12,17,19-20H2,1-4H3,(H,42,52)(H,44,51)(H,45,48)/t22?,35-,41-/m0/s1. The van der Waals surface area contributed by atoms with Crippen LogP contribution in [0.5, 0.6) is 0 Å². The Morgan fingerprint density at radius 2 is 1.66 bits per heavy atom. The van der Waals surface area contributed by atoms with E-state index in [0.29, 0.717) is 48.3 Å². The lowest BCUT2D eigenvalue weighted by molar-refractivity contribution is -0.172. The predicted octanol–water partition coefficient (Wildman–Crippen LogP) is 2.64. The molecule has 3 aromatic rings. The molecule has 56 heavy (non-hydrogen) atoms. The maximum absolute atomic E-state index is 13.7. The van der Waals surface area contributed by atoms with E-state index in [-0.39, 0.29) is 72.9 Å². The first kappa shape index (κ1) is 38.6. The minimum Gasteiger partial charge on any atom is -0.458 e. The molecule has 0 saturated carbocycles. The number of unbranched alkanes of at least 4 members (excludes halogenated alkanes) is 2. The summed E-state index contributed by atoms with van der Waals surface area (Å²) in [6.07, 6.45) is 6.61. The van der Waals surface area contributed by atoms with Gasteiger partial charge < -0.3 is 30.4 Å². The second-order valence-corrected chi connectivity index (χ2v) is 15.3. The number of hydrogen-bond acceptors (Lipinski definition) is 10. The van der Waals surface area contributed by atoms with Crippen molar-refractivity contribution in [3.05, 3.63) is 68.5 Å². The van der Waals surface area contributed by atoms with Crippen LogP contribution in [0.3, 0.4) is 0 Å². The highest BCUT2D eigenvalue weighted by molar-refractivity contribution is 6.12. The summed E-state index contributed by atoms with van der Waals surface area (Å²) in [4.78, 5) is 95.6. The summed E-state index contributed by atoms with van der Waals surface area (Å²) in [6, 6.07) is 3.51. The summed E-state index contributed by atoms with van der Waals surface area (Å²) in [6.45, 7) is 7.21. The van der Waals surface area contributed by atoms with Gasteiger partial charge in [-0.1, -0.05) is 27.2 Å². The lowest BCUT2D eigenvalue weighted by Crippen LogP contribution is -2.53. The number of aromatic nitrogens is 2. The van der Waals surface area contributed by atoms with Crippen molar-refractivity contribution in [3.8, 4) is 11.4 Å². The van der Waals surface area contributed by atoms with Crippen LogP contribution in [0.4, 0.5) is 5.69 Å². The summed E-state index contributed by atoms with van der Waals surface area (Å²) in [7, 11) is 0. The Kier molecular flexibility index (Phi) is 10.4. The van der Waals surface area contributed by atoms with E-state index in [9.17, 15) is 38.7 Å². The SMILES string of the molecule is CC[C@@]1(O)C(=O)OCc2c1cc1n(c2=O)Cc2c-1nc1ccc(NC(=O)C(C)NC(=O)[C@@H](NC(=O)CCCCCN3C(=O)C=CC3=O)C(C)C)c3c1c2CCC3.